The van der Waals surface area contributed by atoms with Crippen LogP contribution >= 0.6 is 0 Å². The number of hydrogen-bond acceptors (Lipinski definition) is 6. The maximum atomic E-state index is 13.2. The first kappa shape index (κ1) is 21.1. The summed E-state index contributed by atoms with van der Waals surface area (Å²) in [6.07, 6.45) is -0.118. The Hall–Kier alpha value is -3.72. The number of rotatable bonds is 4. The number of para-hydroxylation sites is 1. The minimum Gasteiger partial charge on any atom is -0.496 e. The lowest BCUT2D eigenvalue weighted by Gasteiger charge is -2.34. The summed E-state index contributed by atoms with van der Waals surface area (Å²) in [6, 6.07) is 17.1. The molecule has 170 valence electrons. The Morgan fingerprint density at radius 1 is 0.939 bits per heavy atom. The highest BCUT2D eigenvalue weighted by Crippen LogP contribution is 2.27. The number of amides is 2. The molecule has 0 saturated carbocycles. The average Bonchev–Trinajstić information content (AvgIpc) is 3.31. The van der Waals surface area contributed by atoms with Gasteiger partial charge in [-0.25, -0.2) is 4.68 Å². The van der Waals surface area contributed by atoms with E-state index < -0.39 is 0 Å². The van der Waals surface area contributed by atoms with Gasteiger partial charge in [-0.1, -0.05) is 47.7 Å². The fourth-order valence-corrected chi connectivity index (χ4v) is 4.30. The molecule has 0 N–H and O–H groups in total. The molecule has 1 atom stereocenters. The number of hydrogen-bond donors (Lipinski definition) is 0. The molecular formula is C24H25N5O4. The van der Waals surface area contributed by atoms with Crippen LogP contribution in [0.1, 0.15) is 38.2 Å². The second kappa shape index (κ2) is 9.03. The minimum absolute atomic E-state index is 0.0964. The van der Waals surface area contributed by atoms with Crippen LogP contribution in [0.4, 0.5) is 0 Å². The van der Waals surface area contributed by atoms with Crippen molar-refractivity contribution in [1.29, 1.82) is 0 Å². The highest BCUT2D eigenvalue weighted by atomic mass is 16.5. The summed E-state index contributed by atoms with van der Waals surface area (Å²) in [5.74, 6) is 0.272. The quantitative estimate of drug-likeness (QED) is 0.609. The summed E-state index contributed by atoms with van der Waals surface area (Å²) in [6.45, 7) is 2.54. The van der Waals surface area contributed by atoms with E-state index >= 15 is 0 Å². The zero-order valence-corrected chi connectivity index (χ0v) is 18.4. The number of carbonyl (C=O) groups excluding carboxylic acids is 2. The Bertz CT molecular complexity index is 1150. The highest BCUT2D eigenvalue weighted by molar-refractivity contribution is 5.97. The molecule has 5 rings (SSSR count). The van der Waals surface area contributed by atoms with Crippen LogP contribution < -0.4 is 4.74 Å². The standard InChI is InChI=1S/C24H25N5O4/c1-32-20-10-6-5-9-18(20)23(30)27-11-13-28(14-12-27)24(31)22-19-16-33-21(15-29(19)26-25-22)17-7-3-2-4-8-17/h2-10,21H,11-16H2,1H3/t21-/m1/s1. The van der Waals surface area contributed by atoms with Gasteiger partial charge < -0.3 is 19.3 Å². The number of carbonyl (C=O) groups is 2. The minimum atomic E-state index is -0.178. The van der Waals surface area contributed by atoms with Gasteiger partial charge in [0.15, 0.2) is 5.69 Å². The number of nitrogens with zero attached hydrogens (tertiary/aromatic N) is 5. The van der Waals surface area contributed by atoms with E-state index in [4.69, 9.17) is 9.47 Å². The zero-order chi connectivity index (χ0) is 22.8. The molecule has 1 saturated heterocycles. The van der Waals surface area contributed by atoms with Crippen molar-refractivity contribution in [2.45, 2.75) is 19.3 Å². The van der Waals surface area contributed by atoms with E-state index in [2.05, 4.69) is 10.3 Å². The average molecular weight is 447 g/mol. The number of benzene rings is 2. The predicted octanol–water partition coefficient (Wildman–Crippen LogP) is 2.16. The Morgan fingerprint density at radius 3 is 2.33 bits per heavy atom. The molecule has 9 nitrogen and oxygen atoms in total. The lowest BCUT2D eigenvalue weighted by Crippen LogP contribution is -2.50. The van der Waals surface area contributed by atoms with Crippen molar-refractivity contribution in [3.8, 4) is 5.75 Å². The van der Waals surface area contributed by atoms with E-state index in [9.17, 15) is 9.59 Å². The topological polar surface area (TPSA) is 89.8 Å². The van der Waals surface area contributed by atoms with Crippen molar-refractivity contribution in [1.82, 2.24) is 24.8 Å². The summed E-state index contributed by atoms with van der Waals surface area (Å²) in [4.78, 5) is 29.6. The highest BCUT2D eigenvalue weighted by Gasteiger charge is 2.32. The van der Waals surface area contributed by atoms with E-state index in [-0.39, 0.29) is 24.5 Å². The van der Waals surface area contributed by atoms with Gasteiger partial charge in [-0.05, 0) is 17.7 Å². The second-order valence-corrected chi connectivity index (χ2v) is 8.06. The van der Waals surface area contributed by atoms with E-state index in [1.54, 1.807) is 33.7 Å². The number of aromatic nitrogens is 3. The van der Waals surface area contributed by atoms with Gasteiger partial charge in [-0.2, -0.15) is 0 Å². The van der Waals surface area contributed by atoms with Gasteiger partial charge in [0, 0.05) is 26.2 Å². The molecule has 1 fully saturated rings. The third-order valence-corrected chi connectivity index (χ3v) is 6.16. The Kier molecular flexibility index (Phi) is 5.78. The molecule has 0 spiro atoms. The fourth-order valence-electron chi connectivity index (χ4n) is 4.30. The van der Waals surface area contributed by atoms with Gasteiger partial charge in [0.1, 0.15) is 11.9 Å². The molecule has 0 unspecified atom stereocenters. The first-order valence-corrected chi connectivity index (χ1v) is 11.0. The smallest absolute Gasteiger partial charge is 0.276 e. The molecule has 2 amide bonds. The fraction of sp³-hybridized carbons (Fsp3) is 0.333. The van der Waals surface area contributed by atoms with Gasteiger partial charge >= 0.3 is 0 Å². The molecule has 33 heavy (non-hydrogen) atoms. The molecule has 0 radical (unpaired) electrons. The van der Waals surface area contributed by atoms with Gasteiger partial charge in [0.05, 0.1) is 31.5 Å². The molecule has 2 aromatic carbocycles. The van der Waals surface area contributed by atoms with Gasteiger partial charge in [0.25, 0.3) is 11.8 Å². The molecule has 1 aromatic heterocycles. The molecule has 3 heterocycles. The van der Waals surface area contributed by atoms with E-state index in [0.717, 1.165) is 5.56 Å². The SMILES string of the molecule is COc1ccccc1C(=O)N1CCN(C(=O)c2nnn3c2CO[C@@H](c2ccccc2)C3)CC1. The van der Waals surface area contributed by atoms with E-state index in [1.165, 1.54) is 0 Å². The van der Waals surface area contributed by atoms with Crippen molar-refractivity contribution in [3.05, 3.63) is 77.1 Å². The summed E-state index contributed by atoms with van der Waals surface area (Å²) >= 11 is 0. The summed E-state index contributed by atoms with van der Waals surface area (Å²) < 4.78 is 13.1. The first-order valence-electron chi connectivity index (χ1n) is 11.0. The third-order valence-electron chi connectivity index (χ3n) is 6.16. The van der Waals surface area contributed by atoms with Gasteiger partial charge in [0.2, 0.25) is 0 Å². The van der Waals surface area contributed by atoms with Crippen LogP contribution in [0.15, 0.2) is 54.6 Å². The zero-order valence-electron chi connectivity index (χ0n) is 18.4. The Balaban J connectivity index is 1.23. The van der Waals surface area contributed by atoms with Gasteiger partial charge in [-0.15, -0.1) is 5.10 Å². The van der Waals surface area contributed by atoms with Crippen LogP contribution in [-0.4, -0.2) is 69.9 Å². The van der Waals surface area contributed by atoms with Crippen molar-refractivity contribution in [3.63, 3.8) is 0 Å². The normalized spacial score (nSPS) is 18.0. The van der Waals surface area contributed by atoms with Gasteiger partial charge in [-0.3, -0.25) is 9.59 Å². The second-order valence-electron chi connectivity index (χ2n) is 8.06. The van der Waals surface area contributed by atoms with Crippen LogP contribution in [0.25, 0.3) is 0 Å². The number of methoxy groups -OCH3 is 1. The summed E-state index contributed by atoms with van der Waals surface area (Å²) in [7, 11) is 1.55. The molecule has 2 aliphatic heterocycles. The van der Waals surface area contributed by atoms with Crippen LogP contribution in [-0.2, 0) is 17.9 Å². The van der Waals surface area contributed by atoms with E-state index in [1.807, 2.05) is 42.5 Å². The van der Waals surface area contributed by atoms with E-state index in [0.29, 0.717) is 55.4 Å². The van der Waals surface area contributed by atoms with Crippen LogP contribution in [0.2, 0.25) is 0 Å². The molecule has 3 aromatic rings. The number of ether oxygens (including phenoxy) is 2. The Labute approximate surface area is 191 Å². The molecule has 9 heteroatoms. The molecule has 0 aliphatic carbocycles. The Morgan fingerprint density at radius 2 is 1.61 bits per heavy atom. The number of fused-ring (bicyclic) bond motifs is 1. The van der Waals surface area contributed by atoms with Crippen molar-refractivity contribution in [2.24, 2.45) is 0 Å². The maximum Gasteiger partial charge on any atom is 0.276 e. The first-order chi connectivity index (χ1) is 16.2. The van der Waals surface area contributed by atoms with Crippen molar-refractivity contribution < 1.29 is 19.1 Å². The molecule has 2 aliphatic rings. The monoisotopic (exact) mass is 447 g/mol. The summed E-state index contributed by atoms with van der Waals surface area (Å²) in [5, 5.41) is 8.38. The van der Waals surface area contributed by atoms with Crippen LogP contribution in [0, 0.1) is 0 Å². The maximum absolute atomic E-state index is 13.2. The summed E-state index contributed by atoms with van der Waals surface area (Å²) in [5.41, 5.74) is 2.62. The van der Waals surface area contributed by atoms with Crippen molar-refractivity contribution in [2.75, 3.05) is 33.3 Å². The lowest BCUT2D eigenvalue weighted by molar-refractivity contribution is -0.00202. The number of piperazine rings is 1. The lowest BCUT2D eigenvalue weighted by atomic mass is 10.1. The van der Waals surface area contributed by atoms with Crippen LogP contribution in [0.5, 0.6) is 5.75 Å². The van der Waals surface area contributed by atoms with Crippen molar-refractivity contribution >= 4 is 11.8 Å². The van der Waals surface area contributed by atoms with Crippen LogP contribution in [0.3, 0.4) is 0 Å². The third kappa shape index (κ3) is 4.07. The predicted molar refractivity (Wildman–Crippen MR) is 119 cm³/mol. The molecular weight excluding hydrogens is 422 g/mol. The largest absolute Gasteiger partial charge is 0.496 e. The molecule has 0 bridgehead atoms.